The SMILES string of the molecule is O=C1c2cccc([N+](=O)[O-])c2C(=O)N1[C@H]1C(=O)N(c2ccc(Cl)cc2[N+](=O)[O-])[C@H]1c1cccs1. The summed E-state index contributed by atoms with van der Waals surface area (Å²) in [5, 5.41) is 24.9. The first-order valence-electron chi connectivity index (χ1n) is 9.68. The van der Waals surface area contributed by atoms with Crippen LogP contribution in [0.4, 0.5) is 17.1 Å². The number of carbonyl (C=O) groups is 3. The van der Waals surface area contributed by atoms with Crippen molar-refractivity contribution in [3.8, 4) is 0 Å². The minimum atomic E-state index is -1.33. The van der Waals surface area contributed by atoms with E-state index in [9.17, 15) is 34.6 Å². The molecule has 13 heteroatoms. The predicted molar refractivity (Wildman–Crippen MR) is 120 cm³/mol. The number of rotatable bonds is 5. The molecule has 0 N–H and O–H groups in total. The van der Waals surface area contributed by atoms with Crippen molar-refractivity contribution in [1.82, 2.24) is 4.90 Å². The molecule has 0 aliphatic carbocycles. The number of nitro groups is 2. The van der Waals surface area contributed by atoms with Crippen LogP contribution >= 0.6 is 22.9 Å². The number of nitro benzene ring substituents is 2. The van der Waals surface area contributed by atoms with Crippen molar-refractivity contribution >= 4 is 57.7 Å². The molecule has 2 aliphatic heterocycles. The molecular formula is C21H11ClN4O7S. The lowest BCUT2D eigenvalue weighted by Gasteiger charge is -2.48. The van der Waals surface area contributed by atoms with E-state index in [-0.39, 0.29) is 21.8 Å². The maximum Gasteiger partial charge on any atom is 0.294 e. The zero-order chi connectivity index (χ0) is 24.3. The fraction of sp³-hybridized carbons (Fsp3) is 0.0952. The third-order valence-corrected chi connectivity index (χ3v) is 6.87. The monoisotopic (exact) mass is 498 g/mol. The summed E-state index contributed by atoms with van der Waals surface area (Å²) in [5.41, 5.74) is -1.56. The summed E-state index contributed by atoms with van der Waals surface area (Å²) in [6, 6.07) is 8.61. The van der Waals surface area contributed by atoms with E-state index in [1.165, 1.54) is 35.6 Å². The molecule has 1 aromatic heterocycles. The van der Waals surface area contributed by atoms with Crippen LogP contribution in [0.15, 0.2) is 53.9 Å². The van der Waals surface area contributed by atoms with Crippen LogP contribution in [0.2, 0.25) is 5.02 Å². The highest BCUT2D eigenvalue weighted by Gasteiger charge is 2.59. The van der Waals surface area contributed by atoms with Gasteiger partial charge >= 0.3 is 0 Å². The first kappa shape index (κ1) is 21.7. The Morgan fingerprint density at radius 2 is 1.59 bits per heavy atom. The fourth-order valence-electron chi connectivity index (χ4n) is 4.27. The number of hydrogen-bond donors (Lipinski definition) is 0. The summed E-state index contributed by atoms with van der Waals surface area (Å²) in [6.07, 6.45) is 0. The molecule has 1 fully saturated rings. The number of fused-ring (bicyclic) bond motifs is 1. The van der Waals surface area contributed by atoms with Crippen LogP contribution < -0.4 is 4.90 Å². The summed E-state index contributed by atoms with van der Waals surface area (Å²) in [4.78, 5) is 63.7. The topological polar surface area (TPSA) is 144 Å². The standard InChI is InChI=1S/C21H11ClN4O7S/c22-10-6-7-12(14(9-10)26(32)33)23-17(15-5-2-8-34-15)18(21(23)29)24-19(27)11-3-1-4-13(25(30)31)16(11)20(24)28/h1-9,17-18H/t17-,18+/m0/s1. The van der Waals surface area contributed by atoms with Gasteiger partial charge < -0.3 is 0 Å². The molecule has 3 aromatic rings. The highest BCUT2D eigenvalue weighted by atomic mass is 35.5. The lowest BCUT2D eigenvalue weighted by molar-refractivity contribution is -0.385. The summed E-state index contributed by atoms with van der Waals surface area (Å²) < 4.78 is 0. The van der Waals surface area contributed by atoms with Crippen LogP contribution in [0.25, 0.3) is 0 Å². The van der Waals surface area contributed by atoms with Crippen molar-refractivity contribution in [2.75, 3.05) is 4.90 Å². The lowest BCUT2D eigenvalue weighted by Crippen LogP contribution is -2.67. The first-order valence-corrected chi connectivity index (χ1v) is 10.9. The molecule has 0 radical (unpaired) electrons. The second kappa shape index (κ2) is 7.71. The van der Waals surface area contributed by atoms with Crippen LogP contribution in [0.5, 0.6) is 0 Å². The van der Waals surface area contributed by atoms with Gasteiger partial charge in [-0.1, -0.05) is 23.7 Å². The summed E-state index contributed by atoms with van der Waals surface area (Å²) >= 11 is 7.14. The number of anilines is 1. The van der Waals surface area contributed by atoms with Crippen molar-refractivity contribution in [2.24, 2.45) is 0 Å². The van der Waals surface area contributed by atoms with Crippen molar-refractivity contribution in [1.29, 1.82) is 0 Å². The van der Waals surface area contributed by atoms with Gasteiger partial charge in [-0.2, -0.15) is 0 Å². The van der Waals surface area contributed by atoms with Crippen LogP contribution in [0, 0.1) is 20.2 Å². The Hall–Kier alpha value is -4.16. The van der Waals surface area contributed by atoms with Gasteiger partial charge in [0, 0.05) is 22.0 Å². The molecule has 11 nitrogen and oxygen atoms in total. The maximum absolute atomic E-state index is 13.4. The normalized spacial score (nSPS) is 19.3. The Kier molecular flexibility index (Phi) is 4.92. The molecule has 0 unspecified atom stereocenters. The van der Waals surface area contributed by atoms with Gasteiger partial charge in [-0.25, -0.2) is 0 Å². The second-order valence-electron chi connectivity index (χ2n) is 7.44. The molecule has 170 valence electrons. The van der Waals surface area contributed by atoms with Gasteiger partial charge in [-0.15, -0.1) is 11.3 Å². The molecule has 2 atom stereocenters. The van der Waals surface area contributed by atoms with E-state index >= 15 is 0 Å². The molecule has 2 aliphatic rings. The first-order chi connectivity index (χ1) is 16.2. The van der Waals surface area contributed by atoms with Crippen molar-refractivity contribution in [3.05, 3.63) is 95.2 Å². The number of benzene rings is 2. The van der Waals surface area contributed by atoms with Crippen molar-refractivity contribution < 1.29 is 24.2 Å². The zero-order valence-corrected chi connectivity index (χ0v) is 18.4. The van der Waals surface area contributed by atoms with Gasteiger partial charge in [-0.3, -0.25) is 44.4 Å². The van der Waals surface area contributed by atoms with Crippen LogP contribution in [0.3, 0.4) is 0 Å². The number of hydrogen-bond acceptors (Lipinski definition) is 8. The largest absolute Gasteiger partial charge is 0.294 e. The average Bonchev–Trinajstić information content (AvgIpc) is 3.41. The molecular weight excluding hydrogens is 488 g/mol. The van der Waals surface area contributed by atoms with Crippen molar-refractivity contribution in [3.63, 3.8) is 0 Å². The molecule has 1 saturated heterocycles. The number of imide groups is 1. The number of β-lactam (4-membered cyclic amide) rings is 1. The van der Waals surface area contributed by atoms with Crippen molar-refractivity contribution in [2.45, 2.75) is 12.1 Å². The number of thiophene rings is 1. The summed E-state index contributed by atoms with van der Waals surface area (Å²) in [7, 11) is 0. The quantitative estimate of drug-likeness (QED) is 0.224. The minimum absolute atomic E-state index is 0.0448. The Balaban J connectivity index is 1.62. The maximum atomic E-state index is 13.4. The Labute approximate surface area is 199 Å². The summed E-state index contributed by atoms with van der Waals surface area (Å²) in [5.74, 6) is -2.53. The fourth-order valence-corrected chi connectivity index (χ4v) is 5.28. The Morgan fingerprint density at radius 3 is 2.24 bits per heavy atom. The van der Waals surface area contributed by atoms with Gasteiger partial charge in [0.05, 0.1) is 15.4 Å². The van der Waals surface area contributed by atoms with E-state index in [1.807, 2.05) is 0 Å². The van der Waals surface area contributed by atoms with E-state index in [0.29, 0.717) is 9.78 Å². The number of halogens is 1. The number of nitrogens with zero attached hydrogens (tertiary/aromatic N) is 4. The number of amides is 3. The van der Waals surface area contributed by atoms with Crippen LogP contribution in [-0.4, -0.2) is 38.5 Å². The predicted octanol–water partition coefficient (Wildman–Crippen LogP) is 3.97. The van der Waals surface area contributed by atoms with E-state index < -0.39 is 51.0 Å². The van der Waals surface area contributed by atoms with Gasteiger partial charge in [0.25, 0.3) is 29.1 Å². The Morgan fingerprint density at radius 1 is 0.853 bits per heavy atom. The zero-order valence-electron chi connectivity index (χ0n) is 16.8. The molecule has 0 saturated carbocycles. The molecule has 0 bridgehead atoms. The van der Waals surface area contributed by atoms with Gasteiger partial charge in [-0.05, 0) is 29.6 Å². The minimum Gasteiger partial charge on any atom is -0.293 e. The average molecular weight is 499 g/mol. The smallest absolute Gasteiger partial charge is 0.293 e. The van der Waals surface area contributed by atoms with Gasteiger partial charge in [0.1, 0.15) is 23.3 Å². The van der Waals surface area contributed by atoms with Crippen LogP contribution in [0.1, 0.15) is 31.6 Å². The molecule has 0 spiro atoms. The Bertz CT molecular complexity index is 1420. The highest BCUT2D eigenvalue weighted by molar-refractivity contribution is 7.10. The highest BCUT2D eigenvalue weighted by Crippen LogP contribution is 2.48. The molecule has 34 heavy (non-hydrogen) atoms. The molecule has 3 heterocycles. The molecule has 3 amide bonds. The second-order valence-corrected chi connectivity index (χ2v) is 8.86. The van der Waals surface area contributed by atoms with Gasteiger partial charge in [0.15, 0.2) is 0 Å². The van der Waals surface area contributed by atoms with Crippen LogP contribution in [-0.2, 0) is 4.79 Å². The summed E-state index contributed by atoms with van der Waals surface area (Å²) in [6.45, 7) is 0. The van der Waals surface area contributed by atoms with Gasteiger partial charge in [0.2, 0.25) is 0 Å². The van der Waals surface area contributed by atoms with E-state index in [4.69, 9.17) is 11.6 Å². The van der Waals surface area contributed by atoms with E-state index in [0.717, 1.165) is 17.0 Å². The number of carbonyl (C=O) groups excluding carboxylic acids is 3. The third kappa shape index (κ3) is 2.99. The van der Waals surface area contributed by atoms with E-state index in [2.05, 4.69) is 0 Å². The molecule has 2 aromatic carbocycles. The van der Waals surface area contributed by atoms with E-state index in [1.54, 1.807) is 17.5 Å². The lowest BCUT2D eigenvalue weighted by atomic mass is 9.90. The third-order valence-electron chi connectivity index (χ3n) is 5.70. The molecule has 5 rings (SSSR count).